The topological polar surface area (TPSA) is 50.7 Å². The number of carbonyl (C=O) groups excluding carboxylic acids is 1. The maximum Gasteiger partial charge on any atom is 0.277 e. The molecule has 21 heavy (non-hydrogen) atoms. The molecule has 4 nitrogen and oxygen atoms in total. The monoisotopic (exact) mass is 322 g/mol. The molecule has 2 rings (SSSR count). The molecular formula is C15H12Cl2N2O2. The van der Waals surface area contributed by atoms with Crippen molar-refractivity contribution in [1.29, 1.82) is 0 Å². The summed E-state index contributed by atoms with van der Waals surface area (Å²) in [7, 11) is 0. The number of ether oxygens (including phenoxy) is 1. The molecule has 0 unspecified atom stereocenters. The van der Waals surface area contributed by atoms with Gasteiger partial charge in [-0.05, 0) is 35.9 Å². The Kier molecular flexibility index (Phi) is 5.60. The van der Waals surface area contributed by atoms with Crippen LogP contribution in [0.4, 0.5) is 0 Å². The number of rotatable bonds is 5. The van der Waals surface area contributed by atoms with Gasteiger partial charge in [-0.25, -0.2) is 5.43 Å². The molecule has 1 amide bonds. The molecule has 0 aliphatic rings. The van der Waals surface area contributed by atoms with E-state index in [-0.39, 0.29) is 12.5 Å². The Bertz CT molecular complexity index is 660. The van der Waals surface area contributed by atoms with E-state index in [1.165, 1.54) is 6.21 Å². The third kappa shape index (κ3) is 5.45. The summed E-state index contributed by atoms with van der Waals surface area (Å²) in [6.07, 6.45) is 1.50. The standard InChI is InChI=1S/C15H12Cl2N2O2/c16-12-4-1-3-11(7-12)9-18-19-15(20)10-21-14-6-2-5-13(17)8-14/h1-9H,10H2,(H,19,20). The van der Waals surface area contributed by atoms with Gasteiger partial charge in [0.2, 0.25) is 0 Å². The molecule has 0 heterocycles. The number of benzene rings is 2. The van der Waals surface area contributed by atoms with Gasteiger partial charge < -0.3 is 4.74 Å². The lowest BCUT2D eigenvalue weighted by Gasteiger charge is -2.04. The van der Waals surface area contributed by atoms with Crippen LogP contribution in [-0.4, -0.2) is 18.7 Å². The lowest BCUT2D eigenvalue weighted by molar-refractivity contribution is -0.123. The molecule has 0 bridgehead atoms. The molecule has 6 heteroatoms. The number of hydrazone groups is 1. The van der Waals surface area contributed by atoms with E-state index in [2.05, 4.69) is 10.5 Å². The van der Waals surface area contributed by atoms with Crippen molar-refractivity contribution in [3.63, 3.8) is 0 Å². The molecule has 0 fully saturated rings. The quantitative estimate of drug-likeness (QED) is 0.676. The van der Waals surface area contributed by atoms with E-state index in [4.69, 9.17) is 27.9 Å². The number of amides is 1. The maximum atomic E-state index is 11.5. The summed E-state index contributed by atoms with van der Waals surface area (Å²) in [6, 6.07) is 13.9. The zero-order chi connectivity index (χ0) is 15.1. The van der Waals surface area contributed by atoms with Gasteiger partial charge in [-0.3, -0.25) is 4.79 Å². The first-order valence-electron chi connectivity index (χ1n) is 6.09. The summed E-state index contributed by atoms with van der Waals surface area (Å²) in [4.78, 5) is 11.5. The van der Waals surface area contributed by atoms with E-state index >= 15 is 0 Å². The molecule has 0 aromatic heterocycles. The van der Waals surface area contributed by atoms with Gasteiger partial charge in [0.15, 0.2) is 6.61 Å². The summed E-state index contributed by atoms with van der Waals surface area (Å²) in [5.74, 6) is 0.157. The average molecular weight is 323 g/mol. The normalized spacial score (nSPS) is 10.6. The Labute approximate surface area is 132 Å². The molecule has 0 aliphatic carbocycles. The summed E-state index contributed by atoms with van der Waals surface area (Å²) >= 11 is 11.6. The van der Waals surface area contributed by atoms with Crippen molar-refractivity contribution >= 4 is 35.3 Å². The van der Waals surface area contributed by atoms with Crippen LogP contribution < -0.4 is 10.2 Å². The smallest absolute Gasteiger partial charge is 0.277 e. The van der Waals surface area contributed by atoms with Crippen molar-refractivity contribution in [2.75, 3.05) is 6.61 Å². The van der Waals surface area contributed by atoms with Gasteiger partial charge in [-0.15, -0.1) is 0 Å². The SMILES string of the molecule is O=C(COc1cccc(Cl)c1)NN=Cc1cccc(Cl)c1. The fraction of sp³-hybridized carbons (Fsp3) is 0.0667. The van der Waals surface area contributed by atoms with Crippen LogP contribution >= 0.6 is 23.2 Å². The zero-order valence-corrected chi connectivity index (χ0v) is 12.4. The Morgan fingerprint density at radius 2 is 1.86 bits per heavy atom. The lowest BCUT2D eigenvalue weighted by atomic mass is 10.2. The minimum Gasteiger partial charge on any atom is -0.484 e. The van der Waals surface area contributed by atoms with E-state index in [1.54, 1.807) is 42.5 Å². The second-order valence-corrected chi connectivity index (χ2v) is 4.97. The average Bonchev–Trinajstić information content (AvgIpc) is 2.45. The van der Waals surface area contributed by atoms with Crippen molar-refractivity contribution in [2.24, 2.45) is 5.10 Å². The zero-order valence-electron chi connectivity index (χ0n) is 10.9. The first-order chi connectivity index (χ1) is 10.1. The summed E-state index contributed by atoms with van der Waals surface area (Å²) in [5, 5.41) is 4.98. The third-order valence-electron chi connectivity index (χ3n) is 2.42. The van der Waals surface area contributed by atoms with Crippen LogP contribution in [0.1, 0.15) is 5.56 Å². The molecule has 0 saturated carbocycles. The first-order valence-corrected chi connectivity index (χ1v) is 6.85. The van der Waals surface area contributed by atoms with Crippen molar-refractivity contribution in [1.82, 2.24) is 5.43 Å². The van der Waals surface area contributed by atoms with E-state index in [0.717, 1.165) is 5.56 Å². The molecular weight excluding hydrogens is 311 g/mol. The van der Waals surface area contributed by atoms with Gasteiger partial charge in [0, 0.05) is 10.0 Å². The molecule has 2 aromatic carbocycles. The Balaban J connectivity index is 1.80. The molecule has 108 valence electrons. The summed E-state index contributed by atoms with van der Waals surface area (Å²) in [6.45, 7) is -0.146. The summed E-state index contributed by atoms with van der Waals surface area (Å²) in [5.41, 5.74) is 3.16. The minimum absolute atomic E-state index is 0.146. The van der Waals surface area contributed by atoms with Gasteiger partial charge in [0.1, 0.15) is 5.75 Å². The number of nitrogens with zero attached hydrogens (tertiary/aromatic N) is 1. The number of nitrogens with one attached hydrogen (secondary N) is 1. The Morgan fingerprint density at radius 3 is 2.57 bits per heavy atom. The minimum atomic E-state index is -0.367. The van der Waals surface area contributed by atoms with E-state index in [1.807, 2.05) is 6.07 Å². The molecule has 0 spiro atoms. The van der Waals surface area contributed by atoms with Crippen molar-refractivity contribution in [3.05, 3.63) is 64.1 Å². The fourth-order valence-electron chi connectivity index (χ4n) is 1.50. The largest absolute Gasteiger partial charge is 0.484 e. The highest BCUT2D eigenvalue weighted by molar-refractivity contribution is 6.31. The fourth-order valence-corrected chi connectivity index (χ4v) is 1.88. The number of halogens is 2. The molecule has 0 saturated heterocycles. The molecule has 2 aromatic rings. The summed E-state index contributed by atoms with van der Waals surface area (Å²) < 4.78 is 5.28. The predicted octanol–water partition coefficient (Wildman–Crippen LogP) is 3.52. The number of hydrogen-bond donors (Lipinski definition) is 1. The Morgan fingerprint density at radius 1 is 1.14 bits per heavy atom. The van der Waals surface area contributed by atoms with Crippen LogP contribution in [-0.2, 0) is 4.79 Å². The molecule has 0 radical (unpaired) electrons. The second kappa shape index (κ2) is 7.67. The first kappa shape index (κ1) is 15.4. The van der Waals surface area contributed by atoms with Crippen molar-refractivity contribution in [3.8, 4) is 5.75 Å². The van der Waals surface area contributed by atoms with E-state index in [9.17, 15) is 4.79 Å². The predicted molar refractivity (Wildman–Crippen MR) is 84.1 cm³/mol. The van der Waals surface area contributed by atoms with Gasteiger partial charge in [-0.2, -0.15) is 5.10 Å². The van der Waals surface area contributed by atoms with Crippen LogP contribution in [0.3, 0.4) is 0 Å². The van der Waals surface area contributed by atoms with E-state index in [0.29, 0.717) is 15.8 Å². The molecule has 0 atom stereocenters. The Hall–Kier alpha value is -2.04. The van der Waals surface area contributed by atoms with Crippen molar-refractivity contribution in [2.45, 2.75) is 0 Å². The van der Waals surface area contributed by atoms with Gasteiger partial charge >= 0.3 is 0 Å². The second-order valence-electron chi connectivity index (χ2n) is 4.09. The highest BCUT2D eigenvalue weighted by Crippen LogP contribution is 2.16. The third-order valence-corrected chi connectivity index (χ3v) is 2.89. The maximum absolute atomic E-state index is 11.5. The van der Waals surface area contributed by atoms with Crippen LogP contribution in [0.2, 0.25) is 10.0 Å². The van der Waals surface area contributed by atoms with Crippen LogP contribution in [0.5, 0.6) is 5.75 Å². The van der Waals surface area contributed by atoms with Gasteiger partial charge in [0.05, 0.1) is 6.21 Å². The lowest BCUT2D eigenvalue weighted by Crippen LogP contribution is -2.24. The molecule has 1 N–H and O–H groups in total. The number of carbonyl (C=O) groups is 1. The van der Waals surface area contributed by atoms with Crippen LogP contribution in [0, 0.1) is 0 Å². The van der Waals surface area contributed by atoms with Gasteiger partial charge in [-0.1, -0.05) is 41.4 Å². The van der Waals surface area contributed by atoms with E-state index < -0.39 is 0 Å². The van der Waals surface area contributed by atoms with Gasteiger partial charge in [0.25, 0.3) is 5.91 Å². The van der Waals surface area contributed by atoms with Crippen LogP contribution in [0.15, 0.2) is 53.6 Å². The highest BCUT2D eigenvalue weighted by atomic mass is 35.5. The number of hydrogen-bond acceptors (Lipinski definition) is 3. The molecule has 0 aliphatic heterocycles. The van der Waals surface area contributed by atoms with Crippen molar-refractivity contribution < 1.29 is 9.53 Å². The highest BCUT2D eigenvalue weighted by Gasteiger charge is 2.01. The van der Waals surface area contributed by atoms with Crippen LogP contribution in [0.25, 0.3) is 0 Å².